The van der Waals surface area contributed by atoms with Crippen LogP contribution in [0, 0.1) is 6.92 Å². The van der Waals surface area contributed by atoms with E-state index in [9.17, 15) is 5.11 Å². The molecule has 1 N–H and O–H groups in total. The molecule has 0 spiro atoms. The fourth-order valence-electron chi connectivity index (χ4n) is 3.16. The van der Waals surface area contributed by atoms with E-state index in [2.05, 4.69) is 68.1 Å². The van der Waals surface area contributed by atoms with Gasteiger partial charge < -0.3 is 9.53 Å². The summed E-state index contributed by atoms with van der Waals surface area (Å²) < 4.78 is 6.76. The molecule has 0 atom stereocenters. The Bertz CT molecular complexity index is 833. The summed E-state index contributed by atoms with van der Waals surface area (Å²) in [5.41, 5.74) is 2.15. The van der Waals surface area contributed by atoms with Crippen LogP contribution in [0.4, 0.5) is 0 Å². The molecule has 0 saturated heterocycles. The molecule has 0 saturated carbocycles. The molecular weight excluding hydrogens is 336 g/mol. The highest BCUT2D eigenvalue weighted by Crippen LogP contribution is 2.24. The van der Waals surface area contributed by atoms with E-state index in [1.807, 2.05) is 30.3 Å². The number of aliphatic hydroxyl groups is 1. The topological polar surface area (TPSA) is 29.5 Å². The maximum Gasteiger partial charge on any atom is 0.311 e. The van der Waals surface area contributed by atoms with Crippen molar-refractivity contribution in [3.63, 3.8) is 0 Å². The van der Waals surface area contributed by atoms with Crippen LogP contribution >= 0.6 is 0 Å². The fraction of sp³-hybridized carbons (Fsp3) is 0.130. The molecular formula is C23H24O2Si. The van der Waals surface area contributed by atoms with Crippen molar-refractivity contribution in [2.75, 3.05) is 6.61 Å². The van der Waals surface area contributed by atoms with Gasteiger partial charge >= 0.3 is 8.32 Å². The molecule has 0 amide bonds. The zero-order valence-corrected chi connectivity index (χ0v) is 16.2. The van der Waals surface area contributed by atoms with Gasteiger partial charge in [-0.15, -0.1) is 0 Å². The second kappa shape index (κ2) is 8.17. The third-order valence-corrected chi connectivity index (χ3v) is 8.15. The molecule has 0 aliphatic rings. The summed E-state index contributed by atoms with van der Waals surface area (Å²) in [6, 6.07) is 28.9. The molecule has 0 aromatic heterocycles. The van der Waals surface area contributed by atoms with Crippen LogP contribution in [0.5, 0.6) is 0 Å². The summed E-state index contributed by atoms with van der Waals surface area (Å²) >= 11 is 0. The second-order valence-corrected chi connectivity index (χ2v) is 9.86. The van der Waals surface area contributed by atoms with Gasteiger partial charge in [-0.25, -0.2) is 0 Å². The Morgan fingerprint density at radius 2 is 1.35 bits per heavy atom. The van der Waals surface area contributed by atoms with E-state index in [1.54, 1.807) is 6.08 Å². The average Bonchev–Trinajstić information content (AvgIpc) is 2.69. The highest BCUT2D eigenvalue weighted by atomic mass is 28.4. The van der Waals surface area contributed by atoms with Gasteiger partial charge in [-0.1, -0.05) is 84.9 Å². The third-order valence-electron chi connectivity index (χ3n) is 4.65. The van der Waals surface area contributed by atoms with Crippen molar-refractivity contribution in [3.05, 3.63) is 102 Å². The number of hydrogen-bond donors (Lipinski definition) is 1. The van der Waals surface area contributed by atoms with Crippen LogP contribution in [0.1, 0.15) is 11.1 Å². The van der Waals surface area contributed by atoms with Crippen LogP contribution in [0.3, 0.4) is 0 Å². The van der Waals surface area contributed by atoms with Gasteiger partial charge in [-0.3, -0.25) is 0 Å². The van der Waals surface area contributed by atoms with E-state index < -0.39 is 8.32 Å². The summed E-state index contributed by atoms with van der Waals surface area (Å²) in [4.78, 5) is 0. The highest BCUT2D eigenvalue weighted by Gasteiger charge is 2.36. The SMILES string of the molecule is Cc1ccccc1/C(=C\CO)O[Si](C)(c1ccccc1)c1ccccc1. The predicted molar refractivity (Wildman–Crippen MR) is 111 cm³/mol. The first-order chi connectivity index (χ1) is 12.6. The number of hydrogen-bond acceptors (Lipinski definition) is 2. The van der Waals surface area contributed by atoms with Crippen molar-refractivity contribution < 1.29 is 9.53 Å². The molecule has 2 nitrogen and oxygen atoms in total. The Morgan fingerprint density at radius 3 is 1.85 bits per heavy atom. The lowest BCUT2D eigenvalue weighted by atomic mass is 10.1. The maximum atomic E-state index is 9.59. The summed E-state index contributed by atoms with van der Waals surface area (Å²) in [7, 11) is -2.49. The quantitative estimate of drug-likeness (QED) is 0.536. The number of aliphatic hydroxyl groups excluding tert-OH is 1. The zero-order valence-electron chi connectivity index (χ0n) is 15.2. The molecule has 3 rings (SSSR count). The summed E-state index contributed by atoms with van der Waals surface area (Å²) in [6.07, 6.45) is 1.76. The van der Waals surface area contributed by atoms with Crippen molar-refractivity contribution in [1.82, 2.24) is 0 Å². The lowest BCUT2D eigenvalue weighted by Gasteiger charge is -2.31. The second-order valence-electron chi connectivity index (χ2n) is 6.43. The highest BCUT2D eigenvalue weighted by molar-refractivity contribution is 6.97. The van der Waals surface area contributed by atoms with Crippen molar-refractivity contribution in [2.24, 2.45) is 0 Å². The molecule has 0 aliphatic heterocycles. The Hall–Kier alpha value is -2.62. The van der Waals surface area contributed by atoms with Crippen molar-refractivity contribution in [3.8, 4) is 0 Å². The minimum absolute atomic E-state index is 0.0578. The van der Waals surface area contributed by atoms with E-state index >= 15 is 0 Å². The van der Waals surface area contributed by atoms with Crippen LogP contribution in [0.15, 0.2) is 91.0 Å². The van der Waals surface area contributed by atoms with E-state index in [1.165, 1.54) is 10.4 Å². The van der Waals surface area contributed by atoms with Gasteiger partial charge in [0.25, 0.3) is 0 Å². The van der Waals surface area contributed by atoms with Crippen molar-refractivity contribution >= 4 is 24.5 Å². The Labute approximate surface area is 156 Å². The number of benzene rings is 3. The summed E-state index contributed by atoms with van der Waals surface area (Å²) in [5.74, 6) is 0.743. The van der Waals surface area contributed by atoms with Gasteiger partial charge in [0, 0.05) is 5.56 Å². The molecule has 0 heterocycles. The molecule has 0 bridgehead atoms. The predicted octanol–water partition coefficient (Wildman–Crippen LogP) is 3.73. The van der Waals surface area contributed by atoms with Crippen LogP contribution < -0.4 is 10.4 Å². The minimum atomic E-state index is -2.49. The van der Waals surface area contributed by atoms with E-state index in [4.69, 9.17) is 4.43 Å². The van der Waals surface area contributed by atoms with Gasteiger partial charge in [0.15, 0.2) is 0 Å². The maximum absolute atomic E-state index is 9.59. The third kappa shape index (κ3) is 3.79. The molecule has 0 unspecified atom stereocenters. The first-order valence-corrected chi connectivity index (χ1v) is 11.2. The standard InChI is InChI=1S/C23H24O2Si/c1-19-11-9-10-16-22(19)23(17-18-24)25-26(2,20-12-5-3-6-13-20)21-14-7-4-8-15-21/h3-17,24H,18H2,1-2H3/b23-17+. The van der Waals surface area contributed by atoms with Crippen LogP contribution in [0.2, 0.25) is 6.55 Å². The number of rotatable bonds is 6. The first-order valence-electron chi connectivity index (χ1n) is 8.82. The zero-order chi connectivity index (χ0) is 18.4. The smallest absolute Gasteiger partial charge is 0.311 e. The molecule has 0 aliphatic carbocycles. The first kappa shape index (κ1) is 18.2. The lowest BCUT2D eigenvalue weighted by molar-refractivity contribution is 0.340. The van der Waals surface area contributed by atoms with Crippen LogP contribution in [-0.4, -0.2) is 20.0 Å². The van der Waals surface area contributed by atoms with Gasteiger partial charge in [0.1, 0.15) is 5.76 Å². The van der Waals surface area contributed by atoms with Crippen molar-refractivity contribution in [2.45, 2.75) is 13.5 Å². The molecule has 26 heavy (non-hydrogen) atoms. The Balaban J connectivity index is 2.11. The minimum Gasteiger partial charge on any atom is -0.535 e. The monoisotopic (exact) mass is 360 g/mol. The Kier molecular flexibility index (Phi) is 5.71. The molecule has 3 aromatic carbocycles. The Morgan fingerprint density at radius 1 is 0.846 bits per heavy atom. The lowest BCUT2D eigenvalue weighted by Crippen LogP contribution is -2.57. The summed E-state index contributed by atoms with van der Waals surface area (Å²) in [5, 5.41) is 12.0. The molecule has 3 heteroatoms. The van der Waals surface area contributed by atoms with Gasteiger partial charge in [-0.2, -0.15) is 0 Å². The van der Waals surface area contributed by atoms with E-state index in [0.29, 0.717) is 0 Å². The number of aryl methyl sites for hydroxylation is 1. The molecule has 3 aromatic rings. The van der Waals surface area contributed by atoms with Crippen molar-refractivity contribution in [1.29, 1.82) is 0 Å². The van der Waals surface area contributed by atoms with Crippen LogP contribution in [0.25, 0.3) is 5.76 Å². The van der Waals surface area contributed by atoms with E-state index in [-0.39, 0.29) is 6.61 Å². The van der Waals surface area contributed by atoms with Gasteiger partial charge in [0.05, 0.1) is 6.61 Å². The van der Waals surface area contributed by atoms with E-state index in [0.717, 1.165) is 16.9 Å². The molecule has 0 fully saturated rings. The largest absolute Gasteiger partial charge is 0.535 e. The average molecular weight is 361 g/mol. The molecule has 0 radical (unpaired) electrons. The molecule has 132 valence electrons. The van der Waals surface area contributed by atoms with Gasteiger partial charge in [0.2, 0.25) is 0 Å². The summed E-state index contributed by atoms with van der Waals surface area (Å²) in [6.45, 7) is 4.21. The van der Waals surface area contributed by atoms with Crippen LogP contribution in [-0.2, 0) is 4.43 Å². The van der Waals surface area contributed by atoms with Gasteiger partial charge in [-0.05, 0) is 35.5 Å². The normalized spacial score (nSPS) is 12.0. The fourth-order valence-corrected chi connectivity index (χ4v) is 6.01.